The van der Waals surface area contributed by atoms with E-state index < -0.39 is 0 Å². The molecular formula is C13H10N2S. The number of allylic oxidation sites excluding steroid dienone is 5. The minimum atomic E-state index is 0.946. The number of fused-ring (bicyclic) bond motifs is 3. The van der Waals surface area contributed by atoms with Crippen molar-refractivity contribution in [3.05, 3.63) is 59.2 Å². The Labute approximate surface area is 98.5 Å². The number of benzene rings is 1. The van der Waals surface area contributed by atoms with Crippen molar-refractivity contribution in [2.75, 3.05) is 0 Å². The number of hydrogen-bond acceptors (Lipinski definition) is 3. The van der Waals surface area contributed by atoms with Crippen LogP contribution in [-0.4, -0.2) is 5.71 Å². The second kappa shape index (κ2) is 3.77. The molecular weight excluding hydrogens is 216 g/mol. The third kappa shape index (κ3) is 1.37. The maximum absolute atomic E-state index is 5.40. The number of rotatable bonds is 1. The van der Waals surface area contributed by atoms with Crippen LogP contribution >= 0.6 is 12.1 Å². The third-order valence-electron chi connectivity index (χ3n) is 2.78. The van der Waals surface area contributed by atoms with E-state index in [0.29, 0.717) is 0 Å². The molecule has 0 amide bonds. The molecule has 1 aromatic carbocycles. The van der Waals surface area contributed by atoms with Gasteiger partial charge in [0.05, 0.1) is 17.8 Å². The van der Waals surface area contributed by atoms with Crippen molar-refractivity contribution in [2.45, 2.75) is 0 Å². The molecule has 1 aromatic rings. The predicted molar refractivity (Wildman–Crippen MR) is 70.7 cm³/mol. The van der Waals surface area contributed by atoms with Crippen LogP contribution in [-0.2, 0) is 0 Å². The molecule has 0 spiro atoms. The summed E-state index contributed by atoms with van der Waals surface area (Å²) < 4.78 is 4.22. The van der Waals surface area contributed by atoms with E-state index in [0.717, 1.165) is 17.8 Å². The average molecular weight is 226 g/mol. The number of nitrogens with two attached hydrogens (primary N) is 1. The topological polar surface area (TPSA) is 38.4 Å². The molecule has 2 nitrogen and oxygen atoms in total. The van der Waals surface area contributed by atoms with Crippen LogP contribution in [0.15, 0.2) is 52.5 Å². The molecule has 16 heavy (non-hydrogen) atoms. The Morgan fingerprint density at radius 3 is 2.88 bits per heavy atom. The summed E-state index contributed by atoms with van der Waals surface area (Å²) in [7, 11) is 0. The monoisotopic (exact) mass is 226 g/mol. The van der Waals surface area contributed by atoms with Gasteiger partial charge >= 0.3 is 0 Å². The molecule has 0 fully saturated rings. The van der Waals surface area contributed by atoms with Gasteiger partial charge < -0.3 is 0 Å². The lowest BCUT2D eigenvalue weighted by molar-refractivity contribution is 1.61. The van der Waals surface area contributed by atoms with Crippen LogP contribution in [0.4, 0.5) is 0 Å². The Morgan fingerprint density at radius 2 is 2.00 bits per heavy atom. The van der Waals surface area contributed by atoms with Gasteiger partial charge in [-0.1, -0.05) is 36.4 Å². The highest BCUT2D eigenvalue weighted by Crippen LogP contribution is 2.38. The highest BCUT2D eigenvalue weighted by atomic mass is 32.2. The zero-order valence-corrected chi connectivity index (χ0v) is 9.37. The third-order valence-corrected chi connectivity index (χ3v) is 3.09. The van der Waals surface area contributed by atoms with Gasteiger partial charge in [0.15, 0.2) is 0 Å². The van der Waals surface area contributed by atoms with E-state index in [2.05, 4.69) is 40.8 Å². The minimum Gasteiger partial charge on any atom is -0.258 e. The zero-order valence-electron chi connectivity index (χ0n) is 8.55. The van der Waals surface area contributed by atoms with Crippen LogP contribution in [0, 0.1) is 0 Å². The van der Waals surface area contributed by atoms with Gasteiger partial charge in [-0.2, -0.15) is 4.40 Å². The Balaban J connectivity index is 2.17. The number of nitrogens with zero attached hydrogens (tertiary/aromatic N) is 1. The Bertz CT molecular complexity index is 565. The van der Waals surface area contributed by atoms with Gasteiger partial charge in [-0.3, -0.25) is 5.14 Å². The predicted octanol–water partition coefficient (Wildman–Crippen LogP) is 3.00. The first kappa shape index (κ1) is 9.63. The standard InChI is InChI=1S/C13H10N2S/c14-16-15-13-7-3-6-11-10-5-2-1-4-9(10)8-12(11)13/h1-8H,14H2. The van der Waals surface area contributed by atoms with Gasteiger partial charge in [-0.15, -0.1) is 0 Å². The van der Waals surface area contributed by atoms with Gasteiger partial charge in [0.1, 0.15) is 0 Å². The molecule has 2 N–H and O–H groups in total. The van der Waals surface area contributed by atoms with Crippen LogP contribution in [0.25, 0.3) is 11.6 Å². The van der Waals surface area contributed by atoms with Crippen LogP contribution in [0.5, 0.6) is 0 Å². The summed E-state index contributed by atoms with van der Waals surface area (Å²) in [6.45, 7) is 0. The largest absolute Gasteiger partial charge is 0.258 e. The van der Waals surface area contributed by atoms with E-state index in [9.17, 15) is 0 Å². The molecule has 0 atom stereocenters. The minimum absolute atomic E-state index is 0.946. The molecule has 3 rings (SSSR count). The molecule has 0 saturated carbocycles. The second-order valence-electron chi connectivity index (χ2n) is 3.67. The summed E-state index contributed by atoms with van der Waals surface area (Å²) in [5.74, 6) is 0. The fourth-order valence-electron chi connectivity index (χ4n) is 2.10. The summed E-state index contributed by atoms with van der Waals surface area (Å²) in [5.41, 5.74) is 5.88. The quantitative estimate of drug-likeness (QED) is 0.747. The average Bonchev–Trinajstić information content (AvgIpc) is 2.69. The van der Waals surface area contributed by atoms with E-state index in [-0.39, 0.29) is 0 Å². The van der Waals surface area contributed by atoms with Crippen molar-refractivity contribution in [2.24, 2.45) is 9.54 Å². The van der Waals surface area contributed by atoms with Crippen molar-refractivity contribution < 1.29 is 0 Å². The molecule has 2 aliphatic carbocycles. The Hall–Kier alpha value is -1.58. The van der Waals surface area contributed by atoms with Crippen LogP contribution in [0.2, 0.25) is 0 Å². The van der Waals surface area contributed by atoms with E-state index in [4.69, 9.17) is 5.14 Å². The van der Waals surface area contributed by atoms with Gasteiger partial charge in [0.25, 0.3) is 0 Å². The highest BCUT2D eigenvalue weighted by molar-refractivity contribution is 7.95. The summed E-state index contributed by atoms with van der Waals surface area (Å²) in [6.07, 6.45) is 8.29. The second-order valence-corrected chi connectivity index (χ2v) is 4.06. The van der Waals surface area contributed by atoms with Crippen LogP contribution in [0.3, 0.4) is 0 Å². The first-order valence-corrected chi connectivity index (χ1v) is 5.88. The Kier molecular flexibility index (Phi) is 2.27. The fourth-order valence-corrected chi connectivity index (χ4v) is 2.37. The smallest absolute Gasteiger partial charge is 0.0806 e. The van der Waals surface area contributed by atoms with Crippen molar-refractivity contribution in [3.63, 3.8) is 0 Å². The van der Waals surface area contributed by atoms with Gasteiger partial charge in [-0.05, 0) is 28.9 Å². The normalized spacial score (nSPS) is 19.2. The lowest BCUT2D eigenvalue weighted by Gasteiger charge is -2.10. The zero-order chi connectivity index (χ0) is 11.0. The lowest BCUT2D eigenvalue weighted by Crippen LogP contribution is -2.01. The molecule has 0 radical (unpaired) electrons. The van der Waals surface area contributed by atoms with Gasteiger partial charge in [0.2, 0.25) is 0 Å². The molecule has 0 heterocycles. The van der Waals surface area contributed by atoms with Crippen LogP contribution in [0.1, 0.15) is 11.1 Å². The molecule has 0 bridgehead atoms. The van der Waals surface area contributed by atoms with E-state index >= 15 is 0 Å². The molecule has 0 aromatic heterocycles. The highest BCUT2D eigenvalue weighted by Gasteiger charge is 2.22. The van der Waals surface area contributed by atoms with Gasteiger partial charge in [0, 0.05) is 5.57 Å². The number of hydrogen-bond donors (Lipinski definition) is 1. The molecule has 0 saturated heterocycles. The molecule has 3 heteroatoms. The first-order chi connectivity index (χ1) is 7.90. The fraction of sp³-hybridized carbons (Fsp3) is 0. The maximum atomic E-state index is 5.40. The van der Waals surface area contributed by atoms with Crippen LogP contribution < -0.4 is 5.14 Å². The summed E-state index contributed by atoms with van der Waals surface area (Å²) in [5, 5.41) is 5.40. The Morgan fingerprint density at radius 1 is 1.12 bits per heavy atom. The van der Waals surface area contributed by atoms with E-state index in [1.165, 1.54) is 22.3 Å². The van der Waals surface area contributed by atoms with E-state index in [1.54, 1.807) is 0 Å². The van der Waals surface area contributed by atoms with E-state index in [1.807, 2.05) is 12.2 Å². The summed E-state index contributed by atoms with van der Waals surface area (Å²) in [4.78, 5) is 0. The molecule has 78 valence electrons. The maximum Gasteiger partial charge on any atom is 0.0806 e. The van der Waals surface area contributed by atoms with Gasteiger partial charge in [-0.25, -0.2) is 0 Å². The molecule has 0 aliphatic heterocycles. The SMILES string of the molecule is NSN=C1C=CC=C2C1=Cc1ccccc12. The molecule has 0 unspecified atom stereocenters. The van der Waals surface area contributed by atoms with Crippen molar-refractivity contribution >= 4 is 29.5 Å². The lowest BCUT2D eigenvalue weighted by atomic mass is 9.96. The molecule has 2 aliphatic rings. The first-order valence-electron chi connectivity index (χ1n) is 5.04. The summed E-state index contributed by atoms with van der Waals surface area (Å²) >= 11 is 1.00. The van der Waals surface area contributed by atoms with Crippen molar-refractivity contribution in [1.29, 1.82) is 0 Å². The summed E-state index contributed by atoms with van der Waals surface area (Å²) in [6, 6.07) is 8.37. The van der Waals surface area contributed by atoms with Crippen molar-refractivity contribution in [1.82, 2.24) is 0 Å². The van der Waals surface area contributed by atoms with Crippen molar-refractivity contribution in [3.8, 4) is 0 Å².